The van der Waals surface area contributed by atoms with E-state index in [-0.39, 0.29) is 11.5 Å². The number of nitrogens with zero attached hydrogens (tertiary/aromatic N) is 3. The molecule has 170 valence electrons. The van der Waals surface area contributed by atoms with Crippen LogP contribution in [0.2, 0.25) is 0 Å². The monoisotopic (exact) mass is 461 g/mol. The normalized spacial score (nSPS) is 24.7. The molecule has 3 aromatic rings. The Kier molecular flexibility index (Phi) is 8.41. The van der Waals surface area contributed by atoms with E-state index in [1.54, 1.807) is 11.8 Å². The van der Waals surface area contributed by atoms with Crippen LogP contribution in [0.25, 0.3) is 10.4 Å². The van der Waals surface area contributed by atoms with Crippen LogP contribution in [0.5, 0.6) is 0 Å². The van der Waals surface area contributed by atoms with Crippen LogP contribution >= 0.6 is 11.8 Å². The minimum atomic E-state index is -0.507. The largest absolute Gasteiger partial charge is 0.370 e. The van der Waals surface area contributed by atoms with Gasteiger partial charge in [-0.2, -0.15) is 0 Å². The van der Waals surface area contributed by atoms with Gasteiger partial charge in [0.05, 0.1) is 31.5 Å². The summed E-state index contributed by atoms with van der Waals surface area (Å²) in [6.45, 7) is 2.72. The Morgan fingerprint density at radius 2 is 1.33 bits per heavy atom. The molecule has 1 fully saturated rings. The maximum absolute atomic E-state index is 9.24. The average Bonchev–Trinajstić information content (AvgIpc) is 2.86. The molecule has 4 rings (SSSR count). The van der Waals surface area contributed by atoms with Gasteiger partial charge in [-0.25, -0.2) is 0 Å². The van der Waals surface area contributed by atoms with Gasteiger partial charge in [-0.15, -0.1) is 0 Å². The topological polar surface area (TPSA) is 76.5 Å². The molecule has 0 spiro atoms. The Bertz CT molecular complexity index is 1030. The highest BCUT2D eigenvalue weighted by Gasteiger charge is 2.46. The second-order valence-corrected chi connectivity index (χ2v) is 9.03. The molecule has 0 N–H and O–H groups in total. The summed E-state index contributed by atoms with van der Waals surface area (Å²) in [6.07, 6.45) is -1.22. The first kappa shape index (κ1) is 23.4. The molecule has 1 aliphatic rings. The molecule has 5 atom stereocenters. The van der Waals surface area contributed by atoms with Crippen LogP contribution in [-0.2, 0) is 27.4 Å². The molecular formula is C26H27N3O3S. The lowest BCUT2D eigenvalue weighted by molar-refractivity contribution is -0.187. The van der Waals surface area contributed by atoms with Crippen molar-refractivity contribution in [2.75, 3.05) is 0 Å². The van der Waals surface area contributed by atoms with Crippen molar-refractivity contribution < 1.29 is 14.2 Å². The Labute approximate surface area is 198 Å². The number of benzene rings is 3. The molecule has 0 saturated carbocycles. The van der Waals surface area contributed by atoms with Crippen molar-refractivity contribution in [2.45, 2.75) is 54.8 Å². The minimum Gasteiger partial charge on any atom is -0.370 e. The molecule has 6 nitrogen and oxygen atoms in total. The fourth-order valence-corrected chi connectivity index (χ4v) is 5.01. The maximum atomic E-state index is 9.24. The average molecular weight is 462 g/mol. The summed E-state index contributed by atoms with van der Waals surface area (Å²) in [4.78, 5) is 4.16. The molecule has 0 aromatic heterocycles. The smallest absolute Gasteiger partial charge is 0.136 e. The fraction of sp³-hybridized carbons (Fsp3) is 0.308. The quantitative estimate of drug-likeness (QED) is 0.211. The van der Waals surface area contributed by atoms with E-state index in [1.165, 1.54) is 0 Å². The predicted octanol–water partition coefficient (Wildman–Crippen LogP) is 6.37. The summed E-state index contributed by atoms with van der Waals surface area (Å²) in [7, 11) is 0. The lowest BCUT2D eigenvalue weighted by atomic mass is 9.98. The Morgan fingerprint density at radius 3 is 1.88 bits per heavy atom. The first-order valence-corrected chi connectivity index (χ1v) is 11.8. The second kappa shape index (κ2) is 11.9. The molecule has 0 amide bonds. The van der Waals surface area contributed by atoms with Gasteiger partial charge < -0.3 is 14.2 Å². The van der Waals surface area contributed by atoms with Gasteiger partial charge in [0.15, 0.2) is 0 Å². The molecule has 3 aromatic carbocycles. The summed E-state index contributed by atoms with van der Waals surface area (Å²) in [5, 5.41) is 4.05. The van der Waals surface area contributed by atoms with E-state index >= 15 is 0 Å². The van der Waals surface area contributed by atoms with E-state index in [4.69, 9.17) is 14.2 Å². The number of hydrogen-bond acceptors (Lipinski definition) is 5. The molecule has 0 radical (unpaired) electrons. The summed E-state index contributed by atoms with van der Waals surface area (Å²) in [5.74, 6) is 0. The highest BCUT2D eigenvalue weighted by Crippen LogP contribution is 2.37. The SMILES string of the molecule is C[C@@H]1O[C@H](Sc2ccccc2)[C@@H](OCc2ccccc2)[C@H](OCc2ccccc2)[C@H]1N=[N+]=[N-]. The van der Waals surface area contributed by atoms with Crippen LogP contribution in [0.3, 0.4) is 0 Å². The number of azide groups is 1. The van der Waals surface area contributed by atoms with E-state index in [1.807, 2.05) is 97.9 Å². The van der Waals surface area contributed by atoms with Crippen molar-refractivity contribution in [3.8, 4) is 0 Å². The van der Waals surface area contributed by atoms with Crippen molar-refractivity contribution in [1.82, 2.24) is 0 Å². The molecule has 33 heavy (non-hydrogen) atoms. The number of thioether (sulfide) groups is 1. The lowest BCUT2D eigenvalue weighted by Gasteiger charge is -2.43. The number of rotatable bonds is 9. The zero-order valence-electron chi connectivity index (χ0n) is 18.4. The molecule has 1 aliphatic heterocycles. The highest BCUT2D eigenvalue weighted by molar-refractivity contribution is 7.99. The number of ether oxygens (including phenoxy) is 3. The third-order valence-corrected chi connectivity index (χ3v) is 6.67. The van der Waals surface area contributed by atoms with Gasteiger partial charge in [-0.1, -0.05) is 95.7 Å². The second-order valence-electron chi connectivity index (χ2n) is 7.86. The first-order valence-electron chi connectivity index (χ1n) is 11.0. The van der Waals surface area contributed by atoms with E-state index < -0.39 is 18.2 Å². The third kappa shape index (κ3) is 6.38. The summed E-state index contributed by atoms with van der Waals surface area (Å²) in [6, 6.07) is 29.5. The van der Waals surface area contributed by atoms with E-state index in [0.29, 0.717) is 13.2 Å². The standard InChI is InChI=1S/C26H27N3O3S/c1-19-23(28-29-27)24(30-17-20-11-5-2-6-12-20)25(31-18-21-13-7-3-8-14-21)26(32-19)33-22-15-9-4-10-16-22/h2-16,19,23-26H,17-18H2,1H3/t19-,23-,24+,25-,26+/m0/s1. The minimum absolute atomic E-state index is 0.320. The molecule has 0 bridgehead atoms. The van der Waals surface area contributed by atoms with Gasteiger partial charge in [0.25, 0.3) is 0 Å². The molecule has 1 saturated heterocycles. The van der Waals surface area contributed by atoms with E-state index in [0.717, 1.165) is 16.0 Å². The highest BCUT2D eigenvalue weighted by atomic mass is 32.2. The van der Waals surface area contributed by atoms with Crippen LogP contribution in [0.15, 0.2) is 101 Å². The first-order chi connectivity index (χ1) is 16.2. The maximum Gasteiger partial charge on any atom is 0.136 e. The summed E-state index contributed by atoms with van der Waals surface area (Å²) < 4.78 is 19.1. The van der Waals surface area contributed by atoms with Gasteiger partial charge in [-0.05, 0) is 35.7 Å². The fourth-order valence-electron chi connectivity index (χ4n) is 3.83. The number of hydrogen-bond donors (Lipinski definition) is 0. The Balaban J connectivity index is 1.60. The zero-order valence-corrected chi connectivity index (χ0v) is 19.3. The van der Waals surface area contributed by atoms with Crippen molar-refractivity contribution in [1.29, 1.82) is 0 Å². The molecule has 1 heterocycles. The summed E-state index contributed by atoms with van der Waals surface area (Å²) >= 11 is 1.60. The molecule has 0 unspecified atom stereocenters. The van der Waals surface area contributed by atoms with Crippen LogP contribution < -0.4 is 0 Å². The van der Waals surface area contributed by atoms with Gasteiger partial charge >= 0.3 is 0 Å². The Hall–Kier alpha value is -2.80. The van der Waals surface area contributed by atoms with Crippen molar-refractivity contribution in [3.63, 3.8) is 0 Å². The zero-order chi connectivity index (χ0) is 22.9. The molecule has 7 heteroatoms. The van der Waals surface area contributed by atoms with Crippen molar-refractivity contribution in [2.24, 2.45) is 5.11 Å². The van der Waals surface area contributed by atoms with Crippen LogP contribution in [0.1, 0.15) is 18.1 Å². The van der Waals surface area contributed by atoms with E-state index in [2.05, 4.69) is 10.0 Å². The van der Waals surface area contributed by atoms with Crippen LogP contribution in [0, 0.1) is 0 Å². The predicted molar refractivity (Wildman–Crippen MR) is 130 cm³/mol. The van der Waals surface area contributed by atoms with Crippen molar-refractivity contribution in [3.05, 3.63) is 113 Å². The van der Waals surface area contributed by atoms with Crippen LogP contribution in [-0.4, -0.2) is 29.8 Å². The van der Waals surface area contributed by atoms with Gasteiger partial charge in [0, 0.05) is 9.81 Å². The summed E-state index contributed by atoms with van der Waals surface area (Å²) in [5.41, 5.74) is 11.0. The molecular weight excluding hydrogens is 434 g/mol. The van der Waals surface area contributed by atoms with Gasteiger partial charge in [0.2, 0.25) is 0 Å². The molecule has 0 aliphatic carbocycles. The lowest BCUT2D eigenvalue weighted by Crippen LogP contribution is -2.56. The third-order valence-electron chi connectivity index (χ3n) is 5.51. The van der Waals surface area contributed by atoms with Crippen LogP contribution in [0.4, 0.5) is 0 Å². The van der Waals surface area contributed by atoms with E-state index in [9.17, 15) is 5.53 Å². The van der Waals surface area contributed by atoms with Crippen molar-refractivity contribution >= 4 is 11.8 Å². The van der Waals surface area contributed by atoms with Gasteiger partial charge in [-0.3, -0.25) is 0 Å². The Morgan fingerprint density at radius 1 is 0.818 bits per heavy atom. The van der Waals surface area contributed by atoms with Gasteiger partial charge in [0.1, 0.15) is 11.5 Å².